The van der Waals surface area contributed by atoms with E-state index in [1.807, 2.05) is 6.07 Å². The fraction of sp³-hybridized carbons (Fsp3) is 0.182. The molecule has 1 N–H and O–H groups in total. The van der Waals surface area contributed by atoms with Crippen molar-refractivity contribution in [3.05, 3.63) is 71.2 Å². The molecule has 0 aliphatic carbocycles. The van der Waals surface area contributed by atoms with E-state index >= 15 is 0 Å². The van der Waals surface area contributed by atoms with Gasteiger partial charge in [-0.3, -0.25) is 0 Å². The molecule has 128 valence electrons. The number of hydrogen-bond acceptors (Lipinski definition) is 2. The summed E-state index contributed by atoms with van der Waals surface area (Å²) in [7, 11) is 2.07. The first kappa shape index (κ1) is 16.2. The minimum absolute atomic E-state index is 0.608. The smallest absolute Gasteiger partial charge is 0.138 e. The normalized spacial score (nSPS) is 11.2. The Kier molecular flexibility index (Phi) is 3.66. The lowest BCUT2D eigenvalue weighted by molar-refractivity contribution is 0.963. The van der Waals surface area contributed by atoms with E-state index in [0.29, 0.717) is 5.56 Å². The lowest BCUT2D eigenvalue weighted by Crippen LogP contribution is -1.99. The third-order valence-corrected chi connectivity index (χ3v) is 5.01. The van der Waals surface area contributed by atoms with Crippen LogP contribution in [0.25, 0.3) is 27.5 Å². The van der Waals surface area contributed by atoms with Crippen LogP contribution in [0.5, 0.6) is 0 Å². The number of nitriles is 1. The Morgan fingerprint density at radius 1 is 1.31 bits per heavy atom. The minimum Gasteiger partial charge on any atom is -0.350 e. The van der Waals surface area contributed by atoms with Crippen LogP contribution >= 0.6 is 0 Å². The number of nitrogens with one attached hydrogen (secondary N) is 1. The van der Waals surface area contributed by atoms with Crippen LogP contribution in [0.3, 0.4) is 0 Å². The highest BCUT2D eigenvalue weighted by Gasteiger charge is 2.17. The van der Waals surface area contributed by atoms with Gasteiger partial charge in [-0.1, -0.05) is 19.6 Å². The summed E-state index contributed by atoms with van der Waals surface area (Å²) < 4.78 is 2.15. The van der Waals surface area contributed by atoms with Gasteiger partial charge in [-0.25, -0.2) is 4.98 Å². The van der Waals surface area contributed by atoms with Gasteiger partial charge in [-0.15, -0.1) is 0 Å². The number of aromatic amines is 1. The molecule has 0 fully saturated rings. The van der Waals surface area contributed by atoms with Crippen LogP contribution in [-0.4, -0.2) is 14.5 Å². The zero-order chi connectivity index (χ0) is 18.4. The second kappa shape index (κ2) is 5.89. The first-order valence-electron chi connectivity index (χ1n) is 8.70. The van der Waals surface area contributed by atoms with Crippen LogP contribution in [0.1, 0.15) is 35.0 Å². The topological polar surface area (TPSA) is 57.4 Å². The van der Waals surface area contributed by atoms with E-state index in [2.05, 4.69) is 61.4 Å². The number of benzene rings is 2. The highest BCUT2D eigenvalue weighted by Crippen LogP contribution is 2.34. The first-order valence-corrected chi connectivity index (χ1v) is 8.70. The van der Waals surface area contributed by atoms with Gasteiger partial charge >= 0.3 is 0 Å². The first-order chi connectivity index (χ1) is 12.5. The maximum Gasteiger partial charge on any atom is 0.138 e. The molecule has 2 aromatic heterocycles. The molecule has 0 saturated heterocycles. The number of H-pyrrole nitrogens is 1. The van der Waals surface area contributed by atoms with Crippen molar-refractivity contribution < 1.29 is 0 Å². The fourth-order valence-corrected chi connectivity index (χ4v) is 3.77. The van der Waals surface area contributed by atoms with Gasteiger partial charge in [0.2, 0.25) is 0 Å². The summed E-state index contributed by atoms with van der Waals surface area (Å²) in [5.74, 6) is 0.749. The molecule has 0 unspecified atom stereocenters. The Hall–Kier alpha value is -3.32. The highest BCUT2D eigenvalue weighted by molar-refractivity contribution is 5.99. The molecule has 0 aliphatic rings. The summed E-state index contributed by atoms with van der Waals surface area (Å²) in [6.07, 6.45) is 3.02. The number of aromatic nitrogens is 3. The zero-order valence-electron chi connectivity index (χ0n) is 15.2. The van der Waals surface area contributed by atoms with Crippen molar-refractivity contribution in [1.29, 1.82) is 5.26 Å². The second-order valence-corrected chi connectivity index (χ2v) is 6.68. The summed E-state index contributed by atoms with van der Waals surface area (Å²) in [6.45, 7) is 8.68. The van der Waals surface area contributed by atoms with E-state index < -0.39 is 0 Å². The van der Waals surface area contributed by atoms with Crippen LogP contribution in [-0.2, 0) is 13.5 Å². The van der Waals surface area contributed by atoms with Gasteiger partial charge in [0.15, 0.2) is 0 Å². The molecule has 0 amide bonds. The molecule has 0 saturated carbocycles. The quantitative estimate of drug-likeness (QED) is 0.579. The van der Waals surface area contributed by atoms with Crippen molar-refractivity contribution in [3.63, 3.8) is 0 Å². The summed E-state index contributed by atoms with van der Waals surface area (Å²) in [4.78, 5) is 8.05. The molecule has 0 bridgehead atoms. The van der Waals surface area contributed by atoms with Gasteiger partial charge < -0.3 is 9.55 Å². The van der Waals surface area contributed by atoms with Gasteiger partial charge in [0.25, 0.3) is 0 Å². The van der Waals surface area contributed by atoms with E-state index in [4.69, 9.17) is 10.2 Å². The molecule has 2 aromatic carbocycles. The molecular weight excluding hydrogens is 320 g/mol. The van der Waals surface area contributed by atoms with E-state index in [9.17, 15) is 0 Å². The van der Waals surface area contributed by atoms with Crippen LogP contribution < -0.4 is 0 Å². The van der Waals surface area contributed by atoms with Crippen molar-refractivity contribution in [2.75, 3.05) is 0 Å². The molecule has 4 rings (SSSR count). The van der Waals surface area contributed by atoms with Gasteiger partial charge in [-0.05, 0) is 54.3 Å². The van der Waals surface area contributed by atoms with Gasteiger partial charge in [-0.2, -0.15) is 5.26 Å². The fourth-order valence-electron chi connectivity index (χ4n) is 3.77. The van der Waals surface area contributed by atoms with Gasteiger partial charge in [0.05, 0.1) is 28.2 Å². The SMILES string of the molecule is C=C(c1nc2cc(C#N)ccc2[nH]1)c1c(CC)cc(C)c2c1ccn2C. The molecule has 0 spiro atoms. The lowest BCUT2D eigenvalue weighted by Gasteiger charge is -2.14. The number of fused-ring (bicyclic) bond motifs is 2. The van der Waals surface area contributed by atoms with Crippen molar-refractivity contribution in [2.45, 2.75) is 20.3 Å². The number of rotatable bonds is 3. The number of aryl methyl sites for hydroxylation is 3. The lowest BCUT2D eigenvalue weighted by atomic mass is 9.92. The summed E-state index contributed by atoms with van der Waals surface area (Å²) >= 11 is 0. The van der Waals surface area contributed by atoms with E-state index in [1.165, 1.54) is 22.0 Å². The van der Waals surface area contributed by atoms with E-state index in [0.717, 1.165) is 34.4 Å². The van der Waals surface area contributed by atoms with Crippen molar-refractivity contribution in [3.8, 4) is 6.07 Å². The summed E-state index contributed by atoms with van der Waals surface area (Å²) in [6, 6.07) is 12.1. The zero-order valence-corrected chi connectivity index (χ0v) is 15.2. The molecule has 0 aliphatic heterocycles. The molecule has 0 atom stereocenters. The highest BCUT2D eigenvalue weighted by atomic mass is 14.9. The average Bonchev–Trinajstić information content (AvgIpc) is 3.24. The van der Waals surface area contributed by atoms with Crippen LogP contribution in [0.2, 0.25) is 0 Å². The second-order valence-electron chi connectivity index (χ2n) is 6.68. The standard InChI is InChI=1S/C22H20N4/c1-5-16-10-13(2)21-17(8-9-26(21)4)20(16)14(3)22-24-18-7-6-15(12-23)11-19(18)25-22/h6-11H,3,5H2,1-2,4H3,(H,24,25). The minimum atomic E-state index is 0.608. The van der Waals surface area contributed by atoms with Crippen molar-refractivity contribution >= 4 is 27.5 Å². The summed E-state index contributed by atoms with van der Waals surface area (Å²) in [5, 5.41) is 10.3. The van der Waals surface area contributed by atoms with Crippen LogP contribution in [0.15, 0.2) is 43.1 Å². The molecule has 4 nitrogen and oxygen atoms in total. The maximum absolute atomic E-state index is 9.10. The Balaban J connectivity index is 1.94. The predicted molar refractivity (Wildman–Crippen MR) is 106 cm³/mol. The summed E-state index contributed by atoms with van der Waals surface area (Å²) in [5.41, 5.74) is 8.09. The largest absolute Gasteiger partial charge is 0.350 e. The number of nitrogens with zero attached hydrogens (tertiary/aromatic N) is 3. The molecule has 4 aromatic rings. The van der Waals surface area contributed by atoms with Crippen LogP contribution in [0, 0.1) is 18.3 Å². The molecule has 4 heteroatoms. The average molecular weight is 340 g/mol. The molecule has 2 heterocycles. The van der Waals surface area contributed by atoms with Gasteiger partial charge in [0.1, 0.15) is 5.82 Å². The molecule has 0 radical (unpaired) electrons. The van der Waals surface area contributed by atoms with E-state index in [1.54, 1.807) is 12.1 Å². The third kappa shape index (κ3) is 2.33. The number of imidazole rings is 1. The van der Waals surface area contributed by atoms with Crippen molar-refractivity contribution in [2.24, 2.45) is 7.05 Å². The molecular formula is C22H20N4. The molecule has 26 heavy (non-hydrogen) atoms. The van der Waals surface area contributed by atoms with E-state index in [-0.39, 0.29) is 0 Å². The number of hydrogen-bond donors (Lipinski definition) is 1. The Bertz CT molecular complexity index is 1210. The van der Waals surface area contributed by atoms with Gasteiger partial charge in [0, 0.05) is 24.2 Å². The Morgan fingerprint density at radius 3 is 2.85 bits per heavy atom. The maximum atomic E-state index is 9.10. The third-order valence-electron chi connectivity index (χ3n) is 5.01. The van der Waals surface area contributed by atoms with Crippen molar-refractivity contribution in [1.82, 2.24) is 14.5 Å². The monoisotopic (exact) mass is 340 g/mol. The van der Waals surface area contributed by atoms with Crippen LogP contribution in [0.4, 0.5) is 0 Å². The Labute approximate surface area is 152 Å². The predicted octanol–water partition coefficient (Wildman–Crippen LogP) is 4.86. The Morgan fingerprint density at radius 2 is 2.12 bits per heavy atom.